The van der Waals surface area contributed by atoms with E-state index in [1.165, 1.54) is 9.58 Å². The number of hydrogen-bond acceptors (Lipinski definition) is 11. The minimum Gasteiger partial charge on any atom is -0.443 e. The third-order valence-electron chi connectivity index (χ3n) is 9.86. The lowest BCUT2D eigenvalue weighted by molar-refractivity contribution is -0.120. The number of amides is 2. The summed E-state index contributed by atoms with van der Waals surface area (Å²) in [6.45, 7) is 22.0. The molecule has 7 rings (SSSR count). The van der Waals surface area contributed by atoms with Gasteiger partial charge in [-0.1, -0.05) is 23.8 Å². The van der Waals surface area contributed by atoms with Crippen LogP contribution in [0.2, 0.25) is 0 Å². The van der Waals surface area contributed by atoms with Gasteiger partial charge in [-0.25, -0.2) is 24.5 Å². The number of morpholine rings is 1. The summed E-state index contributed by atoms with van der Waals surface area (Å²) in [6.07, 6.45) is -0.731. The first-order valence-corrected chi connectivity index (χ1v) is 18.2. The van der Waals surface area contributed by atoms with Crippen molar-refractivity contribution in [3.05, 3.63) is 64.5 Å². The van der Waals surface area contributed by atoms with E-state index >= 15 is 0 Å². The topological polar surface area (TPSA) is 141 Å². The van der Waals surface area contributed by atoms with Crippen molar-refractivity contribution in [3.63, 3.8) is 0 Å². The van der Waals surface area contributed by atoms with Crippen molar-refractivity contribution in [2.75, 3.05) is 28.2 Å². The Kier molecular flexibility index (Phi) is 8.59. The smallest absolute Gasteiger partial charge is 0.435 e. The van der Waals surface area contributed by atoms with E-state index in [1.807, 2.05) is 57.2 Å². The van der Waals surface area contributed by atoms with Crippen LogP contribution in [0, 0.1) is 20.8 Å². The first kappa shape index (κ1) is 36.3. The van der Waals surface area contributed by atoms with Crippen molar-refractivity contribution >= 4 is 52.1 Å². The van der Waals surface area contributed by atoms with E-state index in [1.54, 1.807) is 41.5 Å². The summed E-state index contributed by atoms with van der Waals surface area (Å²) < 4.78 is 18.7. The van der Waals surface area contributed by atoms with Gasteiger partial charge in [0.05, 0.1) is 28.8 Å². The number of rotatable bonds is 4. The Morgan fingerprint density at radius 1 is 0.887 bits per heavy atom. The molecular formula is C40H49N7O6. The Labute approximate surface area is 310 Å². The molecule has 1 aliphatic carbocycles. The number of aromatic nitrogens is 4. The van der Waals surface area contributed by atoms with Gasteiger partial charge in [-0.3, -0.25) is 4.79 Å². The van der Waals surface area contributed by atoms with Gasteiger partial charge in [-0.15, -0.1) is 5.10 Å². The largest absolute Gasteiger partial charge is 0.443 e. The molecular weight excluding hydrogens is 674 g/mol. The quantitative estimate of drug-likeness (QED) is 0.223. The molecule has 4 aromatic rings. The zero-order valence-corrected chi connectivity index (χ0v) is 32.5. The summed E-state index contributed by atoms with van der Waals surface area (Å²) in [6, 6.07) is 11.5. The van der Waals surface area contributed by atoms with Gasteiger partial charge in [0.1, 0.15) is 28.7 Å². The predicted molar refractivity (Wildman–Crippen MR) is 202 cm³/mol. The molecule has 0 unspecified atom stereocenters. The maximum Gasteiger partial charge on any atom is 0.435 e. The van der Waals surface area contributed by atoms with Crippen LogP contribution in [0.4, 0.5) is 32.7 Å². The van der Waals surface area contributed by atoms with Gasteiger partial charge in [0.25, 0.3) is 0 Å². The number of aryl methyl sites for hydroxylation is 2. The third kappa shape index (κ3) is 6.60. The Morgan fingerprint density at radius 2 is 1.55 bits per heavy atom. The lowest BCUT2D eigenvalue weighted by atomic mass is 9.91. The summed E-state index contributed by atoms with van der Waals surface area (Å²) in [4.78, 5) is 54.4. The molecule has 4 atom stereocenters. The van der Waals surface area contributed by atoms with E-state index in [0.717, 1.165) is 28.1 Å². The fraction of sp³-hybridized carbons (Fsp3) is 0.500. The molecule has 1 saturated carbocycles. The number of anilines is 4. The molecule has 2 aliphatic heterocycles. The average Bonchev–Trinajstić information content (AvgIpc) is 3.62. The highest BCUT2D eigenvalue weighted by atomic mass is 16.6. The number of fused-ring (bicyclic) bond motifs is 3. The van der Waals surface area contributed by atoms with Crippen molar-refractivity contribution in [3.8, 4) is 0 Å². The molecule has 1 saturated heterocycles. The number of nitrogens with one attached hydrogen (secondary N) is 1. The molecule has 13 nitrogen and oxygen atoms in total. The van der Waals surface area contributed by atoms with Crippen LogP contribution in [0.15, 0.2) is 36.4 Å². The highest BCUT2D eigenvalue weighted by Gasteiger charge is 2.68. The summed E-state index contributed by atoms with van der Waals surface area (Å²) in [5, 5.41) is 8.83. The van der Waals surface area contributed by atoms with Crippen LogP contribution in [-0.2, 0) is 24.4 Å². The van der Waals surface area contributed by atoms with Crippen molar-refractivity contribution < 1.29 is 28.6 Å². The predicted octanol–water partition coefficient (Wildman–Crippen LogP) is 7.60. The molecule has 2 aromatic carbocycles. The van der Waals surface area contributed by atoms with Gasteiger partial charge in [-0.05, 0) is 112 Å². The average molecular weight is 724 g/mol. The number of carbonyl (C=O) groups is 3. The van der Waals surface area contributed by atoms with E-state index in [-0.39, 0.29) is 24.0 Å². The van der Waals surface area contributed by atoms with Crippen LogP contribution in [-0.4, -0.2) is 74.3 Å². The van der Waals surface area contributed by atoms with Crippen LogP contribution in [0.5, 0.6) is 0 Å². The van der Waals surface area contributed by atoms with E-state index < -0.39 is 28.8 Å². The molecule has 280 valence electrons. The maximum atomic E-state index is 14.3. The lowest BCUT2D eigenvalue weighted by Crippen LogP contribution is -2.46. The molecule has 1 N–H and O–H groups in total. The van der Waals surface area contributed by atoms with Crippen LogP contribution >= 0.6 is 0 Å². The summed E-state index contributed by atoms with van der Waals surface area (Å²) in [7, 11) is 0. The number of benzene rings is 2. The second-order valence-electron chi connectivity index (χ2n) is 16.7. The van der Waals surface area contributed by atoms with E-state index in [2.05, 4.69) is 24.1 Å². The van der Waals surface area contributed by atoms with Crippen molar-refractivity contribution in [1.29, 1.82) is 0 Å². The standard InChI is InChI=1S/C40H49N7O6/c1-21-12-15-30-28(16-21)40(35(48)46(30)36(49)52-38(6,7)8)18-29(40)26-13-14-27-31(17-26)47(37(50)53-39(9,10)11)44-33(27)43-32-24(4)34(42-25(5)41-32)45-19-22(2)51-23(3)20-45/h12-17,22-23,29H,18-20H2,1-11H3,(H,41,42,43,44)/t22-,23+,29-,40-/m0/s1. The molecule has 2 fully saturated rings. The van der Waals surface area contributed by atoms with E-state index in [0.29, 0.717) is 53.6 Å². The maximum absolute atomic E-state index is 14.3. The third-order valence-corrected chi connectivity index (χ3v) is 9.86. The van der Waals surface area contributed by atoms with Crippen molar-refractivity contribution in [1.82, 2.24) is 19.7 Å². The molecule has 0 radical (unpaired) electrons. The van der Waals surface area contributed by atoms with Crippen molar-refractivity contribution in [2.24, 2.45) is 0 Å². The van der Waals surface area contributed by atoms with Crippen LogP contribution < -0.4 is 15.1 Å². The van der Waals surface area contributed by atoms with Gasteiger partial charge < -0.3 is 24.4 Å². The molecule has 4 heterocycles. The first-order chi connectivity index (χ1) is 24.8. The van der Waals surface area contributed by atoms with Gasteiger partial charge in [-0.2, -0.15) is 4.68 Å². The van der Waals surface area contributed by atoms with Crippen molar-refractivity contribution in [2.45, 2.75) is 117 Å². The Balaban J connectivity index is 1.28. The second kappa shape index (κ2) is 12.5. The van der Waals surface area contributed by atoms with Crippen LogP contribution in [0.3, 0.4) is 0 Å². The normalized spacial score (nSPS) is 22.7. The van der Waals surface area contributed by atoms with Gasteiger partial charge >= 0.3 is 12.2 Å². The zero-order valence-electron chi connectivity index (χ0n) is 32.5. The van der Waals surface area contributed by atoms with Crippen LogP contribution in [0.25, 0.3) is 10.9 Å². The van der Waals surface area contributed by atoms with Crippen LogP contribution in [0.1, 0.15) is 95.8 Å². The zero-order chi connectivity index (χ0) is 38.4. The highest BCUT2D eigenvalue weighted by molar-refractivity contribution is 6.23. The number of nitrogens with zero attached hydrogens (tertiary/aromatic N) is 6. The number of hydrogen-bond donors (Lipinski definition) is 1. The second-order valence-corrected chi connectivity index (χ2v) is 16.7. The Bertz CT molecular complexity index is 2150. The molecule has 0 bridgehead atoms. The fourth-order valence-corrected chi connectivity index (χ4v) is 7.71. The minimum atomic E-state index is -0.940. The highest BCUT2D eigenvalue weighted by Crippen LogP contribution is 2.66. The Hall–Kier alpha value is -5.04. The van der Waals surface area contributed by atoms with Gasteiger partial charge in [0.2, 0.25) is 5.91 Å². The van der Waals surface area contributed by atoms with E-state index in [4.69, 9.17) is 29.3 Å². The number of ether oxygens (including phenoxy) is 3. The number of carbonyl (C=O) groups excluding carboxylic acids is 3. The number of imide groups is 1. The molecule has 53 heavy (non-hydrogen) atoms. The van der Waals surface area contributed by atoms with Gasteiger partial charge in [0.15, 0.2) is 5.82 Å². The van der Waals surface area contributed by atoms with Gasteiger partial charge in [0, 0.05) is 30.0 Å². The summed E-state index contributed by atoms with van der Waals surface area (Å²) in [5.74, 6) is 1.85. The molecule has 3 aliphatic rings. The molecule has 1 spiro atoms. The molecule has 13 heteroatoms. The SMILES string of the molecule is Cc1ccc2c(c1)[C@]1(C[C@H]1c1ccc3c(Nc4nc(C)nc(N5C[C@@H](C)O[C@@H](C)C5)c4C)nn(C(=O)OC(C)(C)C)c3c1)C(=O)N2C(=O)OC(C)(C)C. The molecule has 2 aromatic heterocycles. The first-order valence-electron chi connectivity index (χ1n) is 18.2. The summed E-state index contributed by atoms with van der Waals surface area (Å²) >= 11 is 0. The molecule has 2 amide bonds. The minimum absolute atomic E-state index is 0.0514. The summed E-state index contributed by atoms with van der Waals surface area (Å²) in [5.41, 5.74) is 2.04. The Morgan fingerprint density at radius 3 is 2.21 bits per heavy atom. The lowest BCUT2D eigenvalue weighted by Gasteiger charge is -2.37. The van der Waals surface area contributed by atoms with E-state index in [9.17, 15) is 14.4 Å². The monoisotopic (exact) mass is 723 g/mol. The fourth-order valence-electron chi connectivity index (χ4n) is 7.71.